The number of nitriles is 1. The maximum Gasteiger partial charge on any atom is 0.339 e. The molecule has 1 aliphatic carbocycles. The Morgan fingerprint density at radius 3 is 2.22 bits per heavy atom. The molecule has 172 valence electrons. The first-order valence-corrected chi connectivity index (χ1v) is 11.7. The molecular weight excluding hydrogens is 461 g/mol. The molecule has 1 aliphatic rings. The number of carbonyl (C=O) groups excluding carboxylic acids is 3. The van der Waals surface area contributed by atoms with E-state index in [-0.39, 0.29) is 36.0 Å². The van der Waals surface area contributed by atoms with Gasteiger partial charge in [0.05, 0.1) is 38.6 Å². The van der Waals surface area contributed by atoms with E-state index in [9.17, 15) is 24.5 Å². The Hall–Kier alpha value is -2.47. The van der Waals surface area contributed by atoms with Crippen molar-refractivity contribution < 1.29 is 37.8 Å². The number of benzene rings is 1. The standard InChI is InChI=1S/C21H23ClNO8P/c1-5-29-20(26)21(12-23)16(13-10-8-9-11-14(13)22)15(19(25)28-4)17(18(21)24)32(27,30-6-2)31-7-3/h8-11,27H,5-7H2,1-4H3. The fraction of sp³-hybridized carbons (Fsp3) is 0.381. The molecule has 0 aromatic heterocycles. The molecule has 0 aliphatic heterocycles. The predicted octanol–water partition coefficient (Wildman–Crippen LogP) is 2.92. The molecule has 1 N–H and O–H groups in total. The number of hydrogen-bond acceptors (Lipinski definition) is 9. The van der Waals surface area contributed by atoms with Gasteiger partial charge in [0, 0.05) is 10.6 Å². The Balaban J connectivity index is 3.20. The van der Waals surface area contributed by atoms with E-state index in [0.717, 1.165) is 7.11 Å². The van der Waals surface area contributed by atoms with Crippen LogP contribution in [-0.4, -0.2) is 54.8 Å². The number of ketones is 1. The van der Waals surface area contributed by atoms with Crippen LogP contribution in [0.25, 0.3) is 5.57 Å². The van der Waals surface area contributed by atoms with Crippen LogP contribution < -0.4 is 0 Å². The third kappa shape index (κ3) is 4.13. The maximum atomic E-state index is 13.8. The molecule has 0 heterocycles. The molecule has 0 fully saturated rings. The lowest BCUT2D eigenvalue weighted by Crippen LogP contribution is -2.40. The summed E-state index contributed by atoms with van der Waals surface area (Å²) in [5.41, 5.74) is -3.46. The molecule has 0 bridgehead atoms. The molecule has 1 unspecified atom stereocenters. The molecule has 0 spiro atoms. The van der Waals surface area contributed by atoms with E-state index in [4.69, 9.17) is 30.1 Å². The van der Waals surface area contributed by atoms with Gasteiger partial charge >= 0.3 is 11.9 Å². The Labute approximate surface area is 190 Å². The second-order valence-corrected chi connectivity index (χ2v) is 8.75. The summed E-state index contributed by atoms with van der Waals surface area (Å²) in [5.74, 6) is -3.49. The van der Waals surface area contributed by atoms with Gasteiger partial charge in [0.2, 0.25) is 11.2 Å². The molecule has 32 heavy (non-hydrogen) atoms. The number of rotatable bonds is 8. The van der Waals surface area contributed by atoms with Crippen LogP contribution in [-0.2, 0) is 32.9 Å². The zero-order valence-corrected chi connectivity index (χ0v) is 19.7. The minimum Gasteiger partial charge on any atom is -0.465 e. The highest BCUT2D eigenvalue weighted by Crippen LogP contribution is 2.57. The number of carbonyl (C=O) groups is 3. The molecule has 1 aromatic rings. The van der Waals surface area contributed by atoms with Crippen molar-refractivity contribution in [1.82, 2.24) is 0 Å². The van der Waals surface area contributed by atoms with Gasteiger partial charge in [-0.25, -0.2) is 9.59 Å². The summed E-state index contributed by atoms with van der Waals surface area (Å²) < 4.78 is 20.7. The minimum atomic E-state index is -4.21. The first-order valence-electron chi connectivity index (χ1n) is 9.69. The lowest BCUT2D eigenvalue weighted by molar-refractivity contribution is -0.151. The number of hydrogen-bond donors (Lipinski definition) is 1. The first kappa shape index (κ1) is 25.8. The number of nitrogens with zero attached hydrogens (tertiary/aromatic N) is 1. The third-order valence-electron chi connectivity index (χ3n) is 4.59. The second-order valence-electron chi connectivity index (χ2n) is 6.34. The molecule has 1 aromatic carbocycles. The average molecular weight is 484 g/mol. The van der Waals surface area contributed by atoms with Crippen molar-refractivity contribution in [3.8, 4) is 6.07 Å². The average Bonchev–Trinajstić information content (AvgIpc) is 3.03. The molecule has 0 saturated heterocycles. The number of Topliss-reactive ketones (excluding diaryl/α,β-unsaturated/α-hetero) is 1. The van der Waals surface area contributed by atoms with E-state index in [2.05, 4.69) is 0 Å². The van der Waals surface area contributed by atoms with Crippen molar-refractivity contribution in [2.45, 2.75) is 20.8 Å². The van der Waals surface area contributed by atoms with Crippen LogP contribution in [0.1, 0.15) is 26.3 Å². The molecule has 0 saturated carbocycles. The number of ether oxygens (including phenoxy) is 2. The Bertz CT molecular complexity index is 1060. The quantitative estimate of drug-likeness (QED) is 0.336. The van der Waals surface area contributed by atoms with Gasteiger partial charge in [0.25, 0.3) is 7.57 Å². The Morgan fingerprint density at radius 2 is 1.75 bits per heavy atom. The summed E-state index contributed by atoms with van der Waals surface area (Å²) in [6, 6.07) is 7.74. The van der Waals surface area contributed by atoms with Crippen molar-refractivity contribution in [2.24, 2.45) is 5.41 Å². The summed E-state index contributed by atoms with van der Waals surface area (Å²) in [6.07, 6.45) is 0. The van der Waals surface area contributed by atoms with Crippen molar-refractivity contribution >= 4 is 47.8 Å². The van der Waals surface area contributed by atoms with Crippen LogP contribution in [0, 0.1) is 16.7 Å². The molecule has 9 nitrogen and oxygen atoms in total. The second kappa shape index (κ2) is 10.4. The largest absolute Gasteiger partial charge is 0.465 e. The normalized spacial score (nSPS) is 18.5. The lowest BCUT2D eigenvalue weighted by Gasteiger charge is -2.23. The number of esters is 2. The van der Waals surface area contributed by atoms with Gasteiger partial charge in [-0.05, 0) is 32.4 Å². The summed E-state index contributed by atoms with van der Waals surface area (Å²) >= 11 is 6.33. The smallest absolute Gasteiger partial charge is 0.339 e. The topological polar surface area (TPSA) is 132 Å². The van der Waals surface area contributed by atoms with Crippen LogP contribution in [0.15, 0.2) is 29.8 Å². The third-order valence-corrected chi connectivity index (χ3v) is 7.13. The Morgan fingerprint density at radius 1 is 1.16 bits per heavy atom. The van der Waals surface area contributed by atoms with Crippen LogP contribution in [0.3, 0.4) is 0 Å². The van der Waals surface area contributed by atoms with Gasteiger partial charge in [-0.3, -0.25) is 4.79 Å². The molecule has 0 amide bonds. The molecule has 2 rings (SSSR count). The maximum absolute atomic E-state index is 13.8. The molecule has 0 radical (unpaired) electrons. The zero-order chi connectivity index (χ0) is 24.1. The van der Waals surface area contributed by atoms with E-state index < -0.39 is 41.6 Å². The monoisotopic (exact) mass is 483 g/mol. The van der Waals surface area contributed by atoms with E-state index >= 15 is 0 Å². The highest BCUT2D eigenvalue weighted by atomic mass is 35.5. The lowest BCUT2D eigenvalue weighted by atomic mass is 9.78. The highest BCUT2D eigenvalue weighted by molar-refractivity contribution is 7.65. The van der Waals surface area contributed by atoms with Gasteiger partial charge in [-0.1, -0.05) is 29.8 Å². The van der Waals surface area contributed by atoms with Crippen molar-refractivity contribution in [3.05, 3.63) is 40.4 Å². The summed E-state index contributed by atoms with van der Waals surface area (Å²) in [7, 11) is -3.16. The van der Waals surface area contributed by atoms with Crippen molar-refractivity contribution in [3.63, 3.8) is 0 Å². The van der Waals surface area contributed by atoms with E-state index in [1.807, 2.05) is 0 Å². The van der Waals surface area contributed by atoms with Crippen molar-refractivity contribution in [2.75, 3.05) is 26.9 Å². The van der Waals surface area contributed by atoms with Gasteiger partial charge in [0.15, 0.2) is 0 Å². The van der Waals surface area contributed by atoms with Crippen LogP contribution in [0.2, 0.25) is 5.02 Å². The summed E-state index contributed by atoms with van der Waals surface area (Å²) in [6.45, 7) is 4.26. The SMILES string of the molecule is CCOC(=O)C1(C#N)C(=O)C(=P(O)(OCC)OCC)C(C(=O)OC)=C1c1ccccc1Cl. The van der Waals surface area contributed by atoms with Crippen LogP contribution >= 0.6 is 19.2 Å². The van der Waals surface area contributed by atoms with Gasteiger partial charge < -0.3 is 23.4 Å². The number of halogens is 1. The summed E-state index contributed by atoms with van der Waals surface area (Å²) in [5, 5.41) is 9.57. The highest BCUT2D eigenvalue weighted by Gasteiger charge is 2.63. The molecular formula is C21H23ClNO8P. The van der Waals surface area contributed by atoms with Crippen molar-refractivity contribution in [1.29, 1.82) is 5.26 Å². The fourth-order valence-electron chi connectivity index (χ4n) is 3.38. The van der Waals surface area contributed by atoms with Crippen LogP contribution in [0.4, 0.5) is 0 Å². The van der Waals surface area contributed by atoms with E-state index in [0.29, 0.717) is 0 Å². The number of methoxy groups -OCH3 is 1. The minimum absolute atomic E-state index is 0.0482. The Kier molecular flexibility index (Phi) is 8.41. The van der Waals surface area contributed by atoms with Gasteiger partial charge in [-0.2, -0.15) is 5.26 Å². The van der Waals surface area contributed by atoms with Gasteiger partial charge in [0.1, 0.15) is 5.29 Å². The van der Waals surface area contributed by atoms with E-state index in [1.54, 1.807) is 32.0 Å². The fourth-order valence-corrected chi connectivity index (χ4v) is 5.56. The molecule has 1 atom stereocenters. The van der Waals surface area contributed by atoms with Gasteiger partial charge in [-0.15, -0.1) is 0 Å². The zero-order valence-electron chi connectivity index (χ0n) is 18.0. The molecule has 11 heteroatoms. The summed E-state index contributed by atoms with van der Waals surface area (Å²) in [4.78, 5) is 51.0. The van der Waals surface area contributed by atoms with E-state index in [1.165, 1.54) is 19.1 Å². The van der Waals surface area contributed by atoms with Crippen LogP contribution in [0.5, 0.6) is 0 Å². The first-order chi connectivity index (χ1) is 15.2. The predicted molar refractivity (Wildman–Crippen MR) is 117 cm³/mol.